The van der Waals surface area contributed by atoms with Gasteiger partial charge < -0.3 is 0 Å². The van der Waals surface area contributed by atoms with E-state index < -0.39 is 23.0 Å². The summed E-state index contributed by atoms with van der Waals surface area (Å²) in [7, 11) is 0. The van der Waals surface area contributed by atoms with Crippen molar-refractivity contribution in [2.24, 2.45) is 5.84 Å². The van der Waals surface area contributed by atoms with Crippen LogP contribution in [-0.2, 0) is 6.18 Å². The molecule has 0 saturated carbocycles. The molecule has 2 aromatic heterocycles. The summed E-state index contributed by atoms with van der Waals surface area (Å²) in [5.74, 6) is 4.77. The van der Waals surface area contributed by atoms with Gasteiger partial charge in [0.05, 0.1) is 17.9 Å². The fourth-order valence-electron chi connectivity index (χ4n) is 1.42. The first-order chi connectivity index (χ1) is 8.91. The summed E-state index contributed by atoms with van der Waals surface area (Å²) in [6.45, 7) is 0. The van der Waals surface area contributed by atoms with Crippen LogP contribution in [0.5, 0.6) is 0 Å². The molecule has 2 heterocycles. The average molecular weight is 292 g/mol. The second-order valence-corrected chi connectivity index (χ2v) is 4.63. The minimum atomic E-state index is -4.50. The Morgan fingerprint density at radius 1 is 1.21 bits per heavy atom. The highest BCUT2D eigenvalue weighted by Gasteiger charge is 2.35. The molecule has 0 fully saturated rings. The number of pyridine rings is 1. The first-order valence-corrected chi connectivity index (χ1v) is 5.84. The lowest BCUT2D eigenvalue weighted by Gasteiger charge is -2.12. The first-order valence-electron chi connectivity index (χ1n) is 5.02. The molecule has 2 aromatic rings. The third kappa shape index (κ3) is 3.06. The Morgan fingerprint density at radius 2 is 1.95 bits per heavy atom. The van der Waals surface area contributed by atoms with Gasteiger partial charge in [0.15, 0.2) is 5.01 Å². The van der Waals surface area contributed by atoms with E-state index in [4.69, 9.17) is 5.84 Å². The minimum absolute atomic E-state index is 0.244. The van der Waals surface area contributed by atoms with Crippen LogP contribution in [0.3, 0.4) is 0 Å². The highest BCUT2D eigenvalue weighted by atomic mass is 32.1. The Labute approximate surface area is 109 Å². The van der Waals surface area contributed by atoms with E-state index in [0.717, 1.165) is 18.5 Å². The number of hydrogen-bond donors (Lipinski definition) is 2. The van der Waals surface area contributed by atoms with Crippen LogP contribution in [0, 0.1) is 5.82 Å². The Morgan fingerprint density at radius 3 is 2.42 bits per heavy atom. The number of alkyl halides is 3. The third-order valence-corrected chi connectivity index (χ3v) is 3.37. The van der Waals surface area contributed by atoms with E-state index in [2.05, 4.69) is 15.4 Å². The second kappa shape index (κ2) is 5.19. The molecule has 0 amide bonds. The molecule has 19 heavy (non-hydrogen) atoms. The molecule has 0 bridgehead atoms. The van der Waals surface area contributed by atoms with Crippen molar-refractivity contribution in [2.75, 3.05) is 0 Å². The maximum Gasteiger partial charge on any atom is 0.443 e. The van der Waals surface area contributed by atoms with E-state index in [1.807, 2.05) is 0 Å². The number of thiazole rings is 1. The number of halogens is 4. The summed E-state index contributed by atoms with van der Waals surface area (Å²) in [6, 6.07) is 1.72. The lowest BCUT2D eigenvalue weighted by Crippen LogP contribution is -2.28. The van der Waals surface area contributed by atoms with Gasteiger partial charge >= 0.3 is 6.18 Å². The Kier molecular flexibility index (Phi) is 3.78. The monoisotopic (exact) mass is 292 g/mol. The van der Waals surface area contributed by atoms with Crippen LogP contribution in [0.15, 0.2) is 24.5 Å². The number of aromatic nitrogens is 2. The zero-order chi connectivity index (χ0) is 14.0. The summed E-state index contributed by atoms with van der Waals surface area (Å²) in [4.78, 5) is 7.32. The molecule has 1 atom stereocenters. The molecular formula is C10H8F4N4S. The largest absolute Gasteiger partial charge is 0.443 e. The number of nitrogens with one attached hydrogen (secondary N) is 1. The van der Waals surface area contributed by atoms with Gasteiger partial charge in [-0.3, -0.25) is 10.8 Å². The Bertz CT molecular complexity index is 551. The van der Waals surface area contributed by atoms with E-state index in [-0.39, 0.29) is 4.88 Å². The van der Waals surface area contributed by atoms with Crippen molar-refractivity contribution in [1.82, 2.24) is 15.4 Å². The predicted octanol–water partition coefficient (Wildman–Crippen LogP) is 2.25. The molecule has 0 aliphatic rings. The molecular weight excluding hydrogens is 284 g/mol. The fourth-order valence-corrected chi connectivity index (χ4v) is 2.28. The summed E-state index contributed by atoms with van der Waals surface area (Å²) in [5, 5.41) is -0.968. The summed E-state index contributed by atoms with van der Waals surface area (Å²) < 4.78 is 50.1. The van der Waals surface area contributed by atoms with Crippen molar-refractivity contribution < 1.29 is 17.6 Å². The maximum atomic E-state index is 12.7. The molecule has 4 nitrogen and oxygen atoms in total. The second-order valence-electron chi connectivity index (χ2n) is 3.57. The van der Waals surface area contributed by atoms with E-state index in [0.29, 0.717) is 17.0 Å². The minimum Gasteiger partial charge on any atom is -0.270 e. The van der Waals surface area contributed by atoms with E-state index in [1.165, 1.54) is 6.07 Å². The lowest BCUT2D eigenvalue weighted by atomic mass is 10.2. The van der Waals surface area contributed by atoms with Crippen molar-refractivity contribution in [2.45, 2.75) is 12.2 Å². The fraction of sp³-hybridized carbons (Fsp3) is 0.200. The van der Waals surface area contributed by atoms with Crippen molar-refractivity contribution >= 4 is 11.3 Å². The SMILES string of the molecule is NNC(c1ccc(F)cn1)c1cnc(C(F)(F)F)s1. The van der Waals surface area contributed by atoms with Gasteiger partial charge in [-0.05, 0) is 12.1 Å². The van der Waals surface area contributed by atoms with Gasteiger partial charge in [0.25, 0.3) is 0 Å². The van der Waals surface area contributed by atoms with Crippen LogP contribution in [0.1, 0.15) is 21.6 Å². The van der Waals surface area contributed by atoms with Crippen LogP contribution in [0.25, 0.3) is 0 Å². The number of nitrogens with two attached hydrogens (primary N) is 1. The van der Waals surface area contributed by atoms with Crippen LogP contribution in [0.4, 0.5) is 17.6 Å². The van der Waals surface area contributed by atoms with E-state index in [1.54, 1.807) is 0 Å². The zero-order valence-corrected chi connectivity index (χ0v) is 10.1. The van der Waals surface area contributed by atoms with Gasteiger partial charge in [0.2, 0.25) is 0 Å². The molecule has 0 aromatic carbocycles. The molecule has 2 rings (SSSR count). The van der Waals surface area contributed by atoms with Gasteiger partial charge in [-0.25, -0.2) is 14.8 Å². The van der Waals surface area contributed by atoms with Gasteiger partial charge in [0, 0.05) is 11.1 Å². The van der Waals surface area contributed by atoms with Gasteiger partial charge in [-0.2, -0.15) is 13.2 Å². The highest BCUT2D eigenvalue weighted by molar-refractivity contribution is 7.11. The molecule has 102 valence electrons. The topological polar surface area (TPSA) is 63.8 Å². The predicted molar refractivity (Wildman–Crippen MR) is 60.5 cm³/mol. The van der Waals surface area contributed by atoms with Gasteiger partial charge in [-0.1, -0.05) is 0 Å². The van der Waals surface area contributed by atoms with Crippen molar-refractivity contribution in [1.29, 1.82) is 0 Å². The lowest BCUT2D eigenvalue weighted by molar-refractivity contribution is -0.137. The quantitative estimate of drug-likeness (QED) is 0.517. The number of rotatable bonds is 3. The van der Waals surface area contributed by atoms with E-state index >= 15 is 0 Å². The summed E-state index contributed by atoms with van der Waals surface area (Å²) in [6.07, 6.45) is -2.47. The highest BCUT2D eigenvalue weighted by Crippen LogP contribution is 2.35. The molecule has 0 saturated heterocycles. The molecule has 0 radical (unpaired) electrons. The first kappa shape index (κ1) is 13.8. The molecule has 1 unspecified atom stereocenters. The van der Waals surface area contributed by atoms with Gasteiger partial charge in [-0.15, -0.1) is 11.3 Å². The maximum absolute atomic E-state index is 12.7. The smallest absolute Gasteiger partial charge is 0.270 e. The Balaban J connectivity index is 2.32. The number of nitrogens with zero attached hydrogens (tertiary/aromatic N) is 2. The average Bonchev–Trinajstić information content (AvgIpc) is 2.82. The normalized spacial score (nSPS) is 13.5. The molecule has 9 heteroatoms. The molecule has 0 spiro atoms. The van der Waals surface area contributed by atoms with Gasteiger partial charge in [0.1, 0.15) is 5.82 Å². The molecule has 0 aliphatic carbocycles. The summed E-state index contributed by atoms with van der Waals surface area (Å²) in [5.41, 5.74) is 2.64. The van der Waals surface area contributed by atoms with Crippen molar-refractivity contribution in [3.8, 4) is 0 Å². The van der Waals surface area contributed by atoms with Crippen LogP contribution < -0.4 is 11.3 Å². The third-order valence-electron chi connectivity index (χ3n) is 2.26. The van der Waals surface area contributed by atoms with Crippen LogP contribution >= 0.6 is 11.3 Å². The summed E-state index contributed by atoms with van der Waals surface area (Å²) >= 11 is 0.459. The van der Waals surface area contributed by atoms with E-state index in [9.17, 15) is 17.6 Å². The van der Waals surface area contributed by atoms with Crippen molar-refractivity contribution in [3.63, 3.8) is 0 Å². The number of hydrazine groups is 1. The zero-order valence-electron chi connectivity index (χ0n) is 9.28. The standard InChI is InChI=1S/C10H8F4N4S/c11-5-1-2-6(16-3-5)8(18-15)7-4-17-9(19-7)10(12,13)14/h1-4,8,18H,15H2. The van der Waals surface area contributed by atoms with Crippen molar-refractivity contribution in [3.05, 3.63) is 45.9 Å². The Hall–Kier alpha value is -1.58. The molecule has 0 aliphatic heterocycles. The van der Waals surface area contributed by atoms with Crippen LogP contribution in [0.2, 0.25) is 0 Å². The van der Waals surface area contributed by atoms with Crippen LogP contribution in [-0.4, -0.2) is 9.97 Å². The number of hydrogen-bond acceptors (Lipinski definition) is 5. The molecule has 3 N–H and O–H groups in total.